The number of carbonyl (C=O) groups is 1. The number of hydrogen-bond donors (Lipinski definition) is 2. The van der Waals surface area contributed by atoms with Gasteiger partial charge in [-0.3, -0.25) is 9.36 Å². The Labute approximate surface area is 105 Å². The largest absolute Gasteiger partial charge is 0.369 e. The Bertz CT molecular complexity index is 617. The van der Waals surface area contributed by atoms with Crippen molar-refractivity contribution in [1.29, 1.82) is 0 Å². The van der Waals surface area contributed by atoms with Gasteiger partial charge in [-0.1, -0.05) is 6.07 Å². The van der Waals surface area contributed by atoms with E-state index in [1.807, 2.05) is 29.7 Å². The van der Waals surface area contributed by atoms with Crippen molar-refractivity contribution in [2.75, 3.05) is 12.3 Å². The highest BCUT2D eigenvalue weighted by atomic mass is 16.2. The molecule has 0 saturated carbocycles. The lowest BCUT2D eigenvalue weighted by Gasteiger charge is -2.24. The monoisotopic (exact) mass is 244 g/mol. The third-order valence-electron chi connectivity index (χ3n) is 3.44. The standard InChI is InChI=1S/C13H16N4O/c1-8-4-5-10-9(7-8)16-13(14)17(10)11-3-2-6-15-12(11)18/h4-5,7,11H,2-3,6H2,1H3,(H2,14,16)(H,15,18). The van der Waals surface area contributed by atoms with E-state index >= 15 is 0 Å². The maximum atomic E-state index is 11.9. The van der Waals surface area contributed by atoms with E-state index in [1.165, 1.54) is 0 Å². The van der Waals surface area contributed by atoms with Gasteiger partial charge in [0, 0.05) is 6.54 Å². The average molecular weight is 244 g/mol. The van der Waals surface area contributed by atoms with Crippen molar-refractivity contribution in [2.45, 2.75) is 25.8 Å². The number of nitrogens with two attached hydrogens (primary N) is 1. The van der Waals surface area contributed by atoms with Gasteiger partial charge in [-0.05, 0) is 37.5 Å². The number of benzene rings is 1. The average Bonchev–Trinajstić information content (AvgIpc) is 2.65. The van der Waals surface area contributed by atoms with Gasteiger partial charge in [0.25, 0.3) is 0 Å². The minimum atomic E-state index is -0.230. The number of piperidine rings is 1. The van der Waals surface area contributed by atoms with Crippen LogP contribution in [0.5, 0.6) is 0 Å². The number of nitrogens with zero attached hydrogens (tertiary/aromatic N) is 2. The van der Waals surface area contributed by atoms with Gasteiger partial charge in [0.05, 0.1) is 11.0 Å². The number of aromatic nitrogens is 2. The summed E-state index contributed by atoms with van der Waals surface area (Å²) in [6, 6.07) is 5.76. The van der Waals surface area contributed by atoms with Crippen LogP contribution in [0, 0.1) is 6.92 Å². The molecule has 0 spiro atoms. The normalized spacial score (nSPS) is 20.1. The molecule has 3 rings (SSSR count). The molecule has 0 bridgehead atoms. The maximum Gasteiger partial charge on any atom is 0.243 e. The fraction of sp³-hybridized carbons (Fsp3) is 0.385. The molecule has 1 atom stereocenters. The molecular weight excluding hydrogens is 228 g/mol. The van der Waals surface area contributed by atoms with Crippen LogP contribution in [-0.2, 0) is 4.79 Å². The van der Waals surface area contributed by atoms with Gasteiger partial charge < -0.3 is 11.1 Å². The topological polar surface area (TPSA) is 72.9 Å². The van der Waals surface area contributed by atoms with Crippen molar-refractivity contribution in [2.24, 2.45) is 0 Å². The zero-order chi connectivity index (χ0) is 12.7. The van der Waals surface area contributed by atoms with Gasteiger partial charge in [-0.15, -0.1) is 0 Å². The number of imidazole rings is 1. The lowest BCUT2D eigenvalue weighted by atomic mass is 10.1. The van der Waals surface area contributed by atoms with E-state index in [0.717, 1.165) is 36.0 Å². The zero-order valence-corrected chi connectivity index (χ0v) is 10.3. The molecule has 1 unspecified atom stereocenters. The van der Waals surface area contributed by atoms with E-state index in [2.05, 4.69) is 10.3 Å². The first-order chi connectivity index (χ1) is 8.66. The van der Waals surface area contributed by atoms with E-state index in [0.29, 0.717) is 5.95 Å². The van der Waals surface area contributed by atoms with Crippen LogP contribution < -0.4 is 11.1 Å². The number of fused-ring (bicyclic) bond motifs is 1. The van der Waals surface area contributed by atoms with Crippen molar-refractivity contribution in [3.63, 3.8) is 0 Å². The number of amides is 1. The summed E-state index contributed by atoms with van der Waals surface area (Å²) in [4.78, 5) is 16.3. The van der Waals surface area contributed by atoms with E-state index in [9.17, 15) is 4.79 Å². The Morgan fingerprint density at radius 3 is 3.11 bits per heavy atom. The Kier molecular flexibility index (Phi) is 2.47. The third-order valence-corrected chi connectivity index (χ3v) is 3.44. The summed E-state index contributed by atoms with van der Waals surface area (Å²) in [5.41, 5.74) is 8.89. The molecule has 2 heterocycles. The van der Waals surface area contributed by atoms with Gasteiger partial charge in [-0.2, -0.15) is 0 Å². The molecule has 3 N–H and O–H groups in total. The van der Waals surface area contributed by atoms with Crippen molar-refractivity contribution in [3.05, 3.63) is 23.8 Å². The predicted molar refractivity (Wildman–Crippen MR) is 70.2 cm³/mol. The first kappa shape index (κ1) is 11.1. The number of hydrogen-bond acceptors (Lipinski definition) is 3. The molecule has 18 heavy (non-hydrogen) atoms. The maximum absolute atomic E-state index is 11.9. The molecule has 1 fully saturated rings. The fourth-order valence-electron chi connectivity index (χ4n) is 2.56. The van der Waals surface area contributed by atoms with Gasteiger partial charge in [-0.25, -0.2) is 4.98 Å². The number of nitrogen functional groups attached to an aromatic ring is 1. The van der Waals surface area contributed by atoms with E-state index in [1.54, 1.807) is 0 Å². The summed E-state index contributed by atoms with van der Waals surface area (Å²) in [6.07, 6.45) is 1.79. The molecule has 5 heteroatoms. The van der Waals surface area contributed by atoms with Crippen molar-refractivity contribution >= 4 is 22.9 Å². The second-order valence-electron chi connectivity index (χ2n) is 4.78. The van der Waals surface area contributed by atoms with Crippen molar-refractivity contribution in [3.8, 4) is 0 Å². The van der Waals surface area contributed by atoms with Crippen molar-refractivity contribution in [1.82, 2.24) is 14.9 Å². The number of rotatable bonds is 1. The summed E-state index contributed by atoms with van der Waals surface area (Å²) in [5, 5.41) is 2.88. The molecule has 1 saturated heterocycles. The van der Waals surface area contributed by atoms with E-state index in [-0.39, 0.29) is 11.9 Å². The highest BCUT2D eigenvalue weighted by molar-refractivity contribution is 5.86. The molecule has 94 valence electrons. The molecule has 1 aliphatic rings. The summed E-state index contributed by atoms with van der Waals surface area (Å²) in [5.74, 6) is 0.450. The van der Waals surface area contributed by atoms with Crippen LogP contribution in [0.2, 0.25) is 0 Å². The first-order valence-electron chi connectivity index (χ1n) is 6.18. The first-order valence-corrected chi connectivity index (χ1v) is 6.18. The van der Waals surface area contributed by atoms with E-state index < -0.39 is 0 Å². The fourth-order valence-corrected chi connectivity index (χ4v) is 2.56. The minimum Gasteiger partial charge on any atom is -0.369 e. The predicted octanol–water partition coefficient (Wildman–Crippen LogP) is 1.38. The summed E-state index contributed by atoms with van der Waals surface area (Å²) in [6.45, 7) is 2.77. The lowest BCUT2D eigenvalue weighted by molar-refractivity contribution is -0.125. The SMILES string of the molecule is Cc1ccc2c(c1)nc(N)n2C1CCCNC1=O. The molecule has 0 radical (unpaired) electrons. The van der Waals surface area contributed by atoms with Crippen LogP contribution in [0.1, 0.15) is 24.4 Å². The molecule has 0 aliphatic carbocycles. The zero-order valence-electron chi connectivity index (χ0n) is 10.3. The number of nitrogens with one attached hydrogen (secondary N) is 1. The molecule has 1 aromatic carbocycles. The van der Waals surface area contributed by atoms with Crippen LogP contribution in [0.15, 0.2) is 18.2 Å². The van der Waals surface area contributed by atoms with Crippen LogP contribution >= 0.6 is 0 Å². The highest BCUT2D eigenvalue weighted by Gasteiger charge is 2.26. The number of aryl methyl sites for hydroxylation is 1. The molecule has 1 aliphatic heterocycles. The van der Waals surface area contributed by atoms with Crippen LogP contribution in [0.25, 0.3) is 11.0 Å². The second kappa shape index (κ2) is 4.01. The summed E-state index contributed by atoms with van der Waals surface area (Å²) >= 11 is 0. The number of anilines is 1. The molecule has 1 amide bonds. The van der Waals surface area contributed by atoms with Gasteiger partial charge in [0.2, 0.25) is 11.9 Å². The molecule has 2 aromatic rings. The smallest absolute Gasteiger partial charge is 0.243 e. The van der Waals surface area contributed by atoms with Gasteiger partial charge in [0.15, 0.2) is 0 Å². The van der Waals surface area contributed by atoms with Crippen molar-refractivity contribution < 1.29 is 4.79 Å². The third kappa shape index (κ3) is 1.63. The quantitative estimate of drug-likeness (QED) is 0.796. The van der Waals surface area contributed by atoms with Gasteiger partial charge in [0.1, 0.15) is 6.04 Å². The Morgan fingerprint density at radius 1 is 1.50 bits per heavy atom. The lowest BCUT2D eigenvalue weighted by Crippen LogP contribution is -2.38. The second-order valence-corrected chi connectivity index (χ2v) is 4.78. The van der Waals surface area contributed by atoms with E-state index in [4.69, 9.17) is 5.73 Å². The summed E-state index contributed by atoms with van der Waals surface area (Å²) in [7, 11) is 0. The Balaban J connectivity index is 2.15. The number of carbonyl (C=O) groups excluding carboxylic acids is 1. The van der Waals surface area contributed by atoms with Gasteiger partial charge >= 0.3 is 0 Å². The Hall–Kier alpha value is -2.04. The molecule has 1 aromatic heterocycles. The van der Waals surface area contributed by atoms with Crippen LogP contribution in [0.4, 0.5) is 5.95 Å². The Morgan fingerprint density at radius 2 is 2.33 bits per heavy atom. The van der Waals surface area contributed by atoms with Crippen LogP contribution in [0.3, 0.4) is 0 Å². The minimum absolute atomic E-state index is 0.0350. The highest BCUT2D eigenvalue weighted by Crippen LogP contribution is 2.27. The molecule has 5 nitrogen and oxygen atoms in total. The summed E-state index contributed by atoms with van der Waals surface area (Å²) < 4.78 is 1.85. The van der Waals surface area contributed by atoms with Crippen LogP contribution in [-0.4, -0.2) is 22.0 Å². The molecular formula is C13H16N4O.